The van der Waals surface area contributed by atoms with E-state index in [9.17, 15) is 18.5 Å². The predicted octanol–water partition coefficient (Wildman–Crippen LogP) is 0.935. The Labute approximate surface area is 107 Å². The van der Waals surface area contributed by atoms with Crippen molar-refractivity contribution in [2.45, 2.75) is 17.2 Å². The second-order valence-corrected chi connectivity index (χ2v) is 6.96. The van der Waals surface area contributed by atoms with Crippen LogP contribution in [0.5, 0.6) is 0 Å². The molecule has 0 aliphatic carbocycles. The Bertz CT molecular complexity index is 525. The van der Waals surface area contributed by atoms with E-state index in [2.05, 4.69) is 4.72 Å². The lowest BCUT2D eigenvalue weighted by atomic mass is 10.4. The zero-order chi connectivity index (χ0) is 13.2. The zero-order valence-electron chi connectivity index (χ0n) is 8.71. The summed E-state index contributed by atoms with van der Waals surface area (Å²) in [4.78, 5) is 9.79. The van der Waals surface area contributed by atoms with Gasteiger partial charge < -0.3 is 5.73 Å². The first-order valence-corrected chi connectivity index (χ1v) is 7.11. The number of halogens is 1. The molecule has 7 nitrogen and oxygen atoms in total. The molecule has 0 aliphatic heterocycles. The second-order valence-electron chi connectivity index (χ2n) is 3.31. The molecule has 0 bridgehead atoms. The van der Waals surface area contributed by atoms with E-state index in [0.717, 1.165) is 6.07 Å². The van der Waals surface area contributed by atoms with E-state index in [1.165, 1.54) is 0 Å². The molecule has 1 aromatic heterocycles. The Kier molecular flexibility index (Phi) is 4.44. The molecule has 0 spiro atoms. The smallest absolute Gasteiger partial charge is 0.300 e. The van der Waals surface area contributed by atoms with Gasteiger partial charge in [0.2, 0.25) is 10.0 Å². The van der Waals surface area contributed by atoms with E-state index >= 15 is 0 Å². The number of rotatable bonds is 5. The van der Waals surface area contributed by atoms with Gasteiger partial charge in [-0.1, -0.05) is 11.6 Å². The third-order valence-electron chi connectivity index (χ3n) is 1.70. The highest BCUT2D eigenvalue weighted by Gasteiger charge is 2.25. The predicted molar refractivity (Wildman–Crippen MR) is 64.8 cm³/mol. The number of nitrogens with zero attached hydrogens (tertiary/aromatic N) is 1. The standard InChI is InChI=1S/C7H10ClN3O4S2/c1-4(9)3-10-17(14,15)6-2-5(11(12)13)7(8)16-6/h2,4,10H,3,9H2,1H3. The summed E-state index contributed by atoms with van der Waals surface area (Å²) < 4.78 is 25.2. The molecule has 1 atom stereocenters. The minimum Gasteiger partial charge on any atom is -0.327 e. The minimum absolute atomic E-state index is 0.0473. The van der Waals surface area contributed by atoms with Crippen LogP contribution in [0.2, 0.25) is 4.34 Å². The van der Waals surface area contributed by atoms with Crippen LogP contribution in [0.15, 0.2) is 10.3 Å². The van der Waals surface area contributed by atoms with Crippen molar-refractivity contribution in [3.8, 4) is 0 Å². The first-order chi connectivity index (χ1) is 7.74. The Balaban J connectivity index is 3.00. The van der Waals surface area contributed by atoms with Crippen LogP contribution in [0.4, 0.5) is 5.69 Å². The average Bonchev–Trinajstić information content (AvgIpc) is 2.58. The number of sulfonamides is 1. The lowest BCUT2D eigenvalue weighted by molar-refractivity contribution is -0.384. The fourth-order valence-corrected chi connectivity index (χ4v) is 3.76. The maximum Gasteiger partial charge on any atom is 0.300 e. The lowest BCUT2D eigenvalue weighted by Crippen LogP contribution is -2.34. The van der Waals surface area contributed by atoms with E-state index < -0.39 is 20.6 Å². The summed E-state index contributed by atoms with van der Waals surface area (Å²) >= 11 is 6.20. The summed E-state index contributed by atoms with van der Waals surface area (Å²) in [6.07, 6.45) is 0. The molecule has 10 heteroatoms. The first kappa shape index (κ1) is 14.3. The largest absolute Gasteiger partial charge is 0.327 e. The van der Waals surface area contributed by atoms with Crippen LogP contribution >= 0.6 is 22.9 Å². The number of nitrogens with two attached hydrogens (primary N) is 1. The van der Waals surface area contributed by atoms with Gasteiger partial charge in [0.1, 0.15) is 4.21 Å². The fourth-order valence-electron chi connectivity index (χ4n) is 0.908. The minimum atomic E-state index is -3.79. The van der Waals surface area contributed by atoms with Gasteiger partial charge in [0.25, 0.3) is 5.69 Å². The van der Waals surface area contributed by atoms with Crippen LogP contribution in [0.25, 0.3) is 0 Å². The lowest BCUT2D eigenvalue weighted by Gasteiger charge is -2.06. The molecule has 0 saturated heterocycles. The Morgan fingerprint density at radius 1 is 1.71 bits per heavy atom. The van der Waals surface area contributed by atoms with Gasteiger partial charge in [0.15, 0.2) is 4.34 Å². The van der Waals surface area contributed by atoms with Crippen molar-refractivity contribution in [1.29, 1.82) is 0 Å². The first-order valence-electron chi connectivity index (χ1n) is 4.43. The quantitative estimate of drug-likeness (QED) is 0.620. The van der Waals surface area contributed by atoms with Crippen molar-refractivity contribution in [2.75, 3.05) is 6.54 Å². The molecule has 1 rings (SSSR count). The van der Waals surface area contributed by atoms with Gasteiger partial charge in [-0.2, -0.15) is 0 Å². The normalized spacial score (nSPS) is 13.6. The number of hydrogen-bond acceptors (Lipinski definition) is 6. The Morgan fingerprint density at radius 3 is 2.71 bits per heavy atom. The van der Waals surface area contributed by atoms with Crippen LogP contribution in [0, 0.1) is 10.1 Å². The van der Waals surface area contributed by atoms with Crippen LogP contribution in [-0.4, -0.2) is 25.9 Å². The SMILES string of the molecule is CC(N)CNS(=O)(=O)c1cc([N+](=O)[O-])c(Cl)s1. The van der Waals surface area contributed by atoms with Crippen LogP contribution in [0.1, 0.15) is 6.92 Å². The Morgan fingerprint density at radius 2 is 2.29 bits per heavy atom. The summed E-state index contributed by atoms with van der Waals surface area (Å²) in [5, 5.41) is 10.5. The summed E-state index contributed by atoms with van der Waals surface area (Å²) in [6, 6.07) is 0.575. The summed E-state index contributed by atoms with van der Waals surface area (Å²) in [5.41, 5.74) is 4.98. The van der Waals surface area contributed by atoms with Gasteiger partial charge in [-0.25, -0.2) is 13.1 Å². The molecular weight excluding hydrogens is 290 g/mol. The molecule has 1 aromatic rings. The molecule has 0 fully saturated rings. The maximum atomic E-state index is 11.7. The van der Waals surface area contributed by atoms with Crippen LogP contribution in [-0.2, 0) is 10.0 Å². The maximum absolute atomic E-state index is 11.7. The van der Waals surface area contributed by atoms with Crippen molar-refractivity contribution >= 4 is 38.6 Å². The number of hydrogen-bond donors (Lipinski definition) is 2. The molecule has 0 amide bonds. The van der Waals surface area contributed by atoms with Crippen LogP contribution < -0.4 is 10.5 Å². The van der Waals surface area contributed by atoms with Gasteiger partial charge in [-0.05, 0) is 6.92 Å². The van der Waals surface area contributed by atoms with Gasteiger partial charge in [0, 0.05) is 18.7 Å². The van der Waals surface area contributed by atoms with Crippen molar-refractivity contribution < 1.29 is 13.3 Å². The van der Waals surface area contributed by atoms with E-state index in [-0.39, 0.29) is 21.1 Å². The highest BCUT2D eigenvalue weighted by Crippen LogP contribution is 2.35. The second kappa shape index (κ2) is 5.27. The number of nitro groups is 1. The average molecular weight is 300 g/mol. The highest BCUT2D eigenvalue weighted by atomic mass is 35.5. The van der Waals surface area contributed by atoms with Gasteiger partial charge in [-0.15, -0.1) is 11.3 Å². The summed E-state index contributed by atoms with van der Waals surface area (Å²) in [5.74, 6) is 0. The van der Waals surface area contributed by atoms with E-state index in [4.69, 9.17) is 17.3 Å². The van der Waals surface area contributed by atoms with Crippen molar-refractivity contribution in [2.24, 2.45) is 5.73 Å². The van der Waals surface area contributed by atoms with E-state index in [0.29, 0.717) is 11.3 Å². The molecule has 0 radical (unpaired) electrons. The molecular formula is C7H10ClN3O4S2. The van der Waals surface area contributed by atoms with Gasteiger partial charge >= 0.3 is 0 Å². The molecule has 1 unspecified atom stereocenters. The number of thiophene rings is 1. The third-order valence-corrected chi connectivity index (χ3v) is 4.94. The van der Waals surface area contributed by atoms with E-state index in [1.54, 1.807) is 6.92 Å². The summed E-state index contributed by atoms with van der Waals surface area (Å²) in [6.45, 7) is 1.68. The van der Waals surface area contributed by atoms with Crippen LogP contribution in [0.3, 0.4) is 0 Å². The fraction of sp³-hybridized carbons (Fsp3) is 0.429. The van der Waals surface area contributed by atoms with Crippen molar-refractivity contribution in [3.05, 3.63) is 20.5 Å². The third kappa shape index (κ3) is 3.61. The summed E-state index contributed by atoms with van der Waals surface area (Å²) in [7, 11) is -3.79. The molecule has 0 aromatic carbocycles. The highest BCUT2D eigenvalue weighted by molar-refractivity contribution is 7.91. The molecule has 1 heterocycles. The molecule has 17 heavy (non-hydrogen) atoms. The zero-order valence-corrected chi connectivity index (χ0v) is 11.1. The molecule has 0 saturated carbocycles. The van der Waals surface area contributed by atoms with Gasteiger partial charge in [0.05, 0.1) is 4.92 Å². The molecule has 3 N–H and O–H groups in total. The topological polar surface area (TPSA) is 115 Å². The molecule has 0 aliphatic rings. The van der Waals surface area contributed by atoms with Crippen molar-refractivity contribution in [1.82, 2.24) is 4.72 Å². The Hall–Kier alpha value is -0.740. The molecule has 96 valence electrons. The monoisotopic (exact) mass is 299 g/mol. The number of nitrogens with one attached hydrogen (secondary N) is 1. The van der Waals surface area contributed by atoms with Gasteiger partial charge in [-0.3, -0.25) is 10.1 Å². The van der Waals surface area contributed by atoms with E-state index in [1.807, 2.05) is 0 Å². The van der Waals surface area contributed by atoms with Crippen molar-refractivity contribution in [3.63, 3.8) is 0 Å².